The lowest BCUT2D eigenvalue weighted by atomic mass is 9.83. The summed E-state index contributed by atoms with van der Waals surface area (Å²) in [4.78, 5) is 0. The van der Waals surface area contributed by atoms with Crippen molar-refractivity contribution in [1.82, 2.24) is 4.57 Å². The fourth-order valence-corrected chi connectivity index (χ4v) is 3.25. The van der Waals surface area contributed by atoms with Gasteiger partial charge in [0, 0.05) is 30.5 Å². The first-order chi connectivity index (χ1) is 8.63. The van der Waals surface area contributed by atoms with E-state index in [0.717, 1.165) is 24.0 Å². The van der Waals surface area contributed by atoms with E-state index in [1.54, 1.807) is 6.08 Å². The average Bonchev–Trinajstić information content (AvgIpc) is 3.00. The summed E-state index contributed by atoms with van der Waals surface area (Å²) in [5, 5.41) is 20.3. The van der Waals surface area contributed by atoms with Gasteiger partial charge in [-0.15, -0.1) is 6.58 Å². The lowest BCUT2D eigenvalue weighted by Gasteiger charge is -2.17. The van der Waals surface area contributed by atoms with Crippen LogP contribution in [-0.4, -0.2) is 26.5 Å². The van der Waals surface area contributed by atoms with Gasteiger partial charge in [0.2, 0.25) is 0 Å². The molecule has 0 saturated carbocycles. The Morgan fingerprint density at radius 1 is 1.44 bits per heavy atom. The number of aromatic nitrogens is 1. The molecule has 98 valence electrons. The molecule has 4 nitrogen and oxygen atoms in total. The molecule has 0 amide bonds. The number of rotatable bonds is 4. The maximum atomic E-state index is 10.2. The minimum Gasteiger partial charge on any atom is -0.494 e. The van der Waals surface area contributed by atoms with E-state index < -0.39 is 0 Å². The largest absolute Gasteiger partial charge is 0.494 e. The monoisotopic (exact) mass is 249 g/mol. The molecule has 1 aliphatic carbocycles. The highest BCUT2D eigenvalue weighted by Crippen LogP contribution is 2.53. The van der Waals surface area contributed by atoms with Crippen LogP contribution in [0.25, 0.3) is 0 Å². The summed E-state index contributed by atoms with van der Waals surface area (Å²) in [6.07, 6.45) is 5.40. The first-order valence-electron chi connectivity index (χ1n) is 6.54. The van der Waals surface area contributed by atoms with Crippen molar-refractivity contribution in [1.29, 1.82) is 0 Å². The molecule has 0 spiro atoms. The van der Waals surface area contributed by atoms with Crippen molar-refractivity contribution in [2.24, 2.45) is 0 Å². The second-order valence-corrected chi connectivity index (χ2v) is 5.31. The first kappa shape index (κ1) is 11.7. The Morgan fingerprint density at radius 2 is 2.17 bits per heavy atom. The van der Waals surface area contributed by atoms with Crippen LogP contribution in [0.5, 0.6) is 11.8 Å². The van der Waals surface area contributed by atoms with Crippen molar-refractivity contribution in [2.45, 2.75) is 50.9 Å². The Labute approximate surface area is 107 Å². The van der Waals surface area contributed by atoms with Crippen LogP contribution in [0.2, 0.25) is 0 Å². The molecule has 2 N–H and O–H groups in total. The molecule has 2 aliphatic rings. The van der Waals surface area contributed by atoms with Crippen molar-refractivity contribution in [3.8, 4) is 11.8 Å². The van der Waals surface area contributed by atoms with Crippen LogP contribution in [0.3, 0.4) is 0 Å². The Kier molecular flexibility index (Phi) is 2.45. The molecule has 4 heteroatoms. The summed E-state index contributed by atoms with van der Waals surface area (Å²) in [5.74, 6) is 0.342. The van der Waals surface area contributed by atoms with Crippen LogP contribution in [0.1, 0.15) is 30.9 Å². The van der Waals surface area contributed by atoms with E-state index in [9.17, 15) is 10.2 Å². The summed E-state index contributed by atoms with van der Waals surface area (Å²) in [6, 6.07) is 0. The lowest BCUT2D eigenvalue weighted by Crippen LogP contribution is -2.24. The zero-order chi connectivity index (χ0) is 12.9. The molecular formula is C14H19NO3. The van der Waals surface area contributed by atoms with Crippen molar-refractivity contribution in [3.63, 3.8) is 0 Å². The average molecular weight is 249 g/mol. The quantitative estimate of drug-likeness (QED) is 0.635. The molecule has 0 bridgehead atoms. The number of nitrogens with zero attached hydrogens (tertiary/aromatic N) is 1. The van der Waals surface area contributed by atoms with E-state index >= 15 is 0 Å². The van der Waals surface area contributed by atoms with Gasteiger partial charge in [-0.3, -0.25) is 4.57 Å². The third kappa shape index (κ3) is 1.42. The van der Waals surface area contributed by atoms with Crippen molar-refractivity contribution >= 4 is 0 Å². The smallest absolute Gasteiger partial charge is 0.197 e. The molecule has 0 radical (unpaired) electrons. The standard InChI is InChI=1S/C14H19NO3/c1-3-5-14-8-10-9(7-11(14)18-14)12(16)15(6-4-2)13(10)17/h4,11,16-17H,2-3,5-8H2,1H3. The number of epoxide rings is 1. The second kappa shape index (κ2) is 3.79. The summed E-state index contributed by atoms with van der Waals surface area (Å²) >= 11 is 0. The lowest BCUT2D eigenvalue weighted by molar-refractivity contribution is 0.276. The van der Waals surface area contributed by atoms with E-state index in [1.807, 2.05) is 0 Å². The van der Waals surface area contributed by atoms with Gasteiger partial charge < -0.3 is 14.9 Å². The van der Waals surface area contributed by atoms with Crippen LogP contribution in [0, 0.1) is 0 Å². The topological polar surface area (TPSA) is 57.9 Å². The Hall–Kier alpha value is -1.42. The van der Waals surface area contributed by atoms with Gasteiger partial charge in [0.25, 0.3) is 0 Å². The highest BCUT2D eigenvalue weighted by atomic mass is 16.6. The molecule has 1 saturated heterocycles. The second-order valence-electron chi connectivity index (χ2n) is 5.31. The fraction of sp³-hybridized carbons (Fsp3) is 0.571. The number of hydrogen-bond acceptors (Lipinski definition) is 3. The van der Waals surface area contributed by atoms with Crippen LogP contribution in [-0.2, 0) is 24.1 Å². The summed E-state index contributed by atoms with van der Waals surface area (Å²) < 4.78 is 7.32. The van der Waals surface area contributed by atoms with Crippen LogP contribution in [0.15, 0.2) is 12.7 Å². The third-order valence-corrected chi connectivity index (χ3v) is 4.17. The summed E-state index contributed by atoms with van der Waals surface area (Å²) in [6.45, 7) is 6.21. The van der Waals surface area contributed by atoms with E-state index in [4.69, 9.17) is 4.74 Å². The van der Waals surface area contributed by atoms with Gasteiger partial charge in [0.05, 0.1) is 11.7 Å². The molecular weight excluding hydrogens is 230 g/mol. The zero-order valence-corrected chi connectivity index (χ0v) is 10.6. The van der Waals surface area contributed by atoms with E-state index in [2.05, 4.69) is 13.5 Å². The fourth-order valence-electron chi connectivity index (χ4n) is 3.25. The highest BCUT2D eigenvalue weighted by molar-refractivity contribution is 5.50. The van der Waals surface area contributed by atoms with Gasteiger partial charge in [0.15, 0.2) is 11.8 Å². The summed E-state index contributed by atoms with van der Waals surface area (Å²) in [7, 11) is 0. The predicted molar refractivity (Wildman–Crippen MR) is 67.9 cm³/mol. The van der Waals surface area contributed by atoms with Crippen LogP contribution in [0.4, 0.5) is 0 Å². The molecule has 1 aromatic rings. The predicted octanol–water partition coefficient (Wildman–Crippen LogP) is 2.12. The molecule has 2 atom stereocenters. The van der Waals surface area contributed by atoms with E-state index in [-0.39, 0.29) is 23.5 Å². The van der Waals surface area contributed by atoms with Crippen LogP contribution < -0.4 is 0 Å². The number of allylic oxidation sites excluding steroid dienone is 1. The Morgan fingerprint density at radius 3 is 2.83 bits per heavy atom. The number of aromatic hydroxyl groups is 2. The normalized spacial score (nSPS) is 28.6. The number of hydrogen-bond donors (Lipinski definition) is 2. The van der Waals surface area contributed by atoms with Gasteiger partial charge in [-0.1, -0.05) is 19.4 Å². The van der Waals surface area contributed by atoms with Crippen LogP contribution >= 0.6 is 0 Å². The first-order valence-corrected chi connectivity index (χ1v) is 6.54. The van der Waals surface area contributed by atoms with Gasteiger partial charge in [-0.2, -0.15) is 0 Å². The molecule has 18 heavy (non-hydrogen) atoms. The Bertz CT molecular complexity index is 506. The molecule has 1 aromatic heterocycles. The summed E-state index contributed by atoms with van der Waals surface area (Å²) in [5.41, 5.74) is 1.63. The van der Waals surface area contributed by atoms with Gasteiger partial charge >= 0.3 is 0 Å². The van der Waals surface area contributed by atoms with E-state index in [1.165, 1.54) is 4.57 Å². The highest BCUT2D eigenvalue weighted by Gasteiger charge is 2.59. The van der Waals surface area contributed by atoms with Gasteiger partial charge in [0.1, 0.15) is 0 Å². The SMILES string of the molecule is C=CCn1c(O)c2c(c1O)CC1(CCC)OC1C2. The van der Waals surface area contributed by atoms with Gasteiger partial charge in [-0.25, -0.2) is 0 Å². The van der Waals surface area contributed by atoms with Crippen molar-refractivity contribution < 1.29 is 14.9 Å². The van der Waals surface area contributed by atoms with Crippen molar-refractivity contribution in [2.75, 3.05) is 0 Å². The molecule has 2 unspecified atom stereocenters. The molecule has 2 heterocycles. The number of fused-ring (bicyclic) bond motifs is 2. The minimum absolute atomic E-state index is 0.0773. The zero-order valence-electron chi connectivity index (χ0n) is 10.6. The maximum absolute atomic E-state index is 10.2. The number of ether oxygens (including phenoxy) is 1. The minimum atomic E-state index is -0.0773. The third-order valence-electron chi connectivity index (χ3n) is 4.17. The maximum Gasteiger partial charge on any atom is 0.197 e. The van der Waals surface area contributed by atoms with Crippen molar-refractivity contribution in [3.05, 3.63) is 23.8 Å². The molecule has 0 aromatic carbocycles. The molecule has 3 rings (SSSR count). The molecule has 1 fully saturated rings. The Balaban J connectivity index is 1.98. The van der Waals surface area contributed by atoms with E-state index in [0.29, 0.717) is 19.4 Å². The van der Waals surface area contributed by atoms with Gasteiger partial charge in [-0.05, 0) is 6.42 Å². The molecule has 1 aliphatic heterocycles.